The standard InChI is InChI=1S/C18H21N3O5/c1-25-12-11-19-9-10-20-18(22)16-13-14(21(23)24)7-8-17(16)26-15-5-3-2-4-6-15/h2-8,13,19H,9-12H2,1H3,(H,20,22). The number of carbonyl (C=O) groups is 1. The Morgan fingerprint density at radius 3 is 2.58 bits per heavy atom. The van der Waals surface area contributed by atoms with Crippen LogP contribution in [0.1, 0.15) is 10.4 Å². The molecule has 0 saturated carbocycles. The molecule has 0 radical (unpaired) electrons. The number of nitro benzene ring substituents is 1. The Morgan fingerprint density at radius 1 is 1.12 bits per heavy atom. The average molecular weight is 359 g/mol. The molecule has 1 amide bonds. The lowest BCUT2D eigenvalue weighted by Gasteiger charge is -2.12. The van der Waals surface area contributed by atoms with Crippen LogP contribution < -0.4 is 15.4 Å². The Labute approximate surface area is 151 Å². The van der Waals surface area contributed by atoms with Gasteiger partial charge in [0.05, 0.1) is 17.1 Å². The van der Waals surface area contributed by atoms with E-state index in [-0.39, 0.29) is 17.0 Å². The molecule has 2 aromatic rings. The number of rotatable bonds is 10. The van der Waals surface area contributed by atoms with E-state index in [0.29, 0.717) is 32.0 Å². The zero-order valence-electron chi connectivity index (χ0n) is 14.4. The Kier molecular flexibility index (Phi) is 7.53. The molecule has 8 nitrogen and oxygen atoms in total. The molecule has 26 heavy (non-hydrogen) atoms. The van der Waals surface area contributed by atoms with Gasteiger partial charge in [-0.05, 0) is 18.2 Å². The van der Waals surface area contributed by atoms with Crippen molar-refractivity contribution < 1.29 is 19.2 Å². The number of benzene rings is 2. The summed E-state index contributed by atoms with van der Waals surface area (Å²) in [6.07, 6.45) is 0. The van der Waals surface area contributed by atoms with Crippen molar-refractivity contribution in [1.29, 1.82) is 0 Å². The molecule has 2 N–H and O–H groups in total. The Bertz CT molecular complexity index is 737. The average Bonchev–Trinajstić information content (AvgIpc) is 2.65. The zero-order chi connectivity index (χ0) is 18.8. The van der Waals surface area contributed by atoms with E-state index in [0.717, 1.165) is 0 Å². The van der Waals surface area contributed by atoms with E-state index >= 15 is 0 Å². The summed E-state index contributed by atoms with van der Waals surface area (Å²) in [6, 6.07) is 12.9. The van der Waals surface area contributed by atoms with Crippen LogP contribution in [0.2, 0.25) is 0 Å². The first-order chi connectivity index (χ1) is 12.6. The predicted octanol–water partition coefficient (Wildman–Crippen LogP) is 2.35. The molecule has 138 valence electrons. The smallest absolute Gasteiger partial charge is 0.270 e. The lowest BCUT2D eigenvalue weighted by Crippen LogP contribution is -2.33. The van der Waals surface area contributed by atoms with E-state index in [1.807, 2.05) is 6.07 Å². The molecular weight excluding hydrogens is 338 g/mol. The number of carbonyl (C=O) groups excluding carboxylic acids is 1. The molecule has 0 heterocycles. The molecule has 2 aromatic carbocycles. The van der Waals surface area contributed by atoms with Crippen LogP contribution in [0, 0.1) is 10.1 Å². The van der Waals surface area contributed by atoms with Crippen LogP contribution in [0.25, 0.3) is 0 Å². The molecule has 8 heteroatoms. The highest BCUT2D eigenvalue weighted by Gasteiger charge is 2.18. The highest BCUT2D eigenvalue weighted by atomic mass is 16.6. The van der Waals surface area contributed by atoms with Crippen molar-refractivity contribution in [3.8, 4) is 11.5 Å². The largest absolute Gasteiger partial charge is 0.457 e. The van der Waals surface area contributed by atoms with Crippen LogP contribution in [-0.4, -0.2) is 44.2 Å². The first-order valence-corrected chi connectivity index (χ1v) is 8.11. The van der Waals surface area contributed by atoms with Gasteiger partial charge in [0.1, 0.15) is 11.5 Å². The maximum absolute atomic E-state index is 12.5. The Morgan fingerprint density at radius 2 is 1.88 bits per heavy atom. The number of nitrogens with one attached hydrogen (secondary N) is 2. The quantitative estimate of drug-likeness (QED) is 0.383. The van der Waals surface area contributed by atoms with Crippen molar-refractivity contribution in [1.82, 2.24) is 10.6 Å². The van der Waals surface area contributed by atoms with Gasteiger partial charge < -0.3 is 20.1 Å². The monoisotopic (exact) mass is 359 g/mol. The summed E-state index contributed by atoms with van der Waals surface area (Å²) >= 11 is 0. The topological polar surface area (TPSA) is 103 Å². The maximum atomic E-state index is 12.5. The minimum Gasteiger partial charge on any atom is -0.457 e. The first-order valence-electron chi connectivity index (χ1n) is 8.11. The third kappa shape index (κ3) is 5.83. The number of hydrogen-bond donors (Lipinski definition) is 2. The molecule has 0 saturated heterocycles. The molecule has 0 aliphatic rings. The van der Waals surface area contributed by atoms with E-state index < -0.39 is 10.8 Å². The normalized spacial score (nSPS) is 10.3. The molecule has 0 aliphatic carbocycles. The Hall–Kier alpha value is -2.97. The van der Waals surface area contributed by atoms with Gasteiger partial charge in [0, 0.05) is 38.9 Å². The number of amides is 1. The van der Waals surface area contributed by atoms with Gasteiger partial charge >= 0.3 is 0 Å². The van der Waals surface area contributed by atoms with E-state index in [2.05, 4.69) is 10.6 Å². The van der Waals surface area contributed by atoms with Crippen LogP contribution in [0.5, 0.6) is 11.5 Å². The van der Waals surface area contributed by atoms with Crippen LogP contribution >= 0.6 is 0 Å². The van der Waals surface area contributed by atoms with Crippen molar-refractivity contribution in [2.24, 2.45) is 0 Å². The van der Waals surface area contributed by atoms with Gasteiger partial charge in [0.2, 0.25) is 0 Å². The fourth-order valence-corrected chi connectivity index (χ4v) is 2.17. The lowest BCUT2D eigenvalue weighted by atomic mass is 10.1. The number of methoxy groups -OCH3 is 1. The molecule has 0 atom stereocenters. The lowest BCUT2D eigenvalue weighted by molar-refractivity contribution is -0.384. The first kappa shape index (κ1) is 19.4. The molecule has 0 spiro atoms. The van der Waals surface area contributed by atoms with E-state index in [9.17, 15) is 14.9 Å². The van der Waals surface area contributed by atoms with Gasteiger partial charge in [-0.1, -0.05) is 18.2 Å². The number of non-ortho nitro benzene ring substituents is 1. The summed E-state index contributed by atoms with van der Waals surface area (Å²) in [5.74, 6) is 0.358. The maximum Gasteiger partial charge on any atom is 0.270 e. The summed E-state index contributed by atoms with van der Waals surface area (Å²) in [5.41, 5.74) is -0.0614. The summed E-state index contributed by atoms with van der Waals surface area (Å²) < 4.78 is 10.6. The van der Waals surface area contributed by atoms with Crippen molar-refractivity contribution in [2.75, 3.05) is 33.4 Å². The van der Waals surface area contributed by atoms with Crippen molar-refractivity contribution >= 4 is 11.6 Å². The van der Waals surface area contributed by atoms with Crippen LogP contribution in [0.4, 0.5) is 5.69 Å². The summed E-state index contributed by atoms with van der Waals surface area (Å²) in [5, 5.41) is 16.8. The van der Waals surface area contributed by atoms with E-state index in [1.165, 1.54) is 18.2 Å². The molecule has 0 fully saturated rings. The second-order valence-electron chi connectivity index (χ2n) is 5.35. The highest BCUT2D eigenvalue weighted by Crippen LogP contribution is 2.28. The van der Waals surface area contributed by atoms with Crippen LogP contribution in [0.15, 0.2) is 48.5 Å². The van der Waals surface area contributed by atoms with Gasteiger partial charge in [-0.15, -0.1) is 0 Å². The van der Waals surface area contributed by atoms with Gasteiger partial charge in [0.15, 0.2) is 0 Å². The summed E-state index contributed by atoms with van der Waals surface area (Å²) in [4.78, 5) is 22.9. The number of ether oxygens (including phenoxy) is 2. The van der Waals surface area contributed by atoms with Crippen molar-refractivity contribution in [2.45, 2.75) is 0 Å². The van der Waals surface area contributed by atoms with E-state index in [1.54, 1.807) is 31.4 Å². The third-order valence-corrected chi connectivity index (χ3v) is 3.46. The summed E-state index contributed by atoms with van der Waals surface area (Å²) in [6.45, 7) is 2.17. The van der Waals surface area contributed by atoms with Gasteiger partial charge in [-0.25, -0.2) is 0 Å². The van der Waals surface area contributed by atoms with E-state index in [4.69, 9.17) is 9.47 Å². The third-order valence-electron chi connectivity index (χ3n) is 3.46. The van der Waals surface area contributed by atoms with Gasteiger partial charge in [0.25, 0.3) is 11.6 Å². The molecule has 0 bridgehead atoms. The van der Waals surface area contributed by atoms with Crippen molar-refractivity contribution in [3.05, 3.63) is 64.2 Å². The van der Waals surface area contributed by atoms with Gasteiger partial charge in [-0.3, -0.25) is 14.9 Å². The SMILES string of the molecule is COCCNCCNC(=O)c1cc([N+](=O)[O-])ccc1Oc1ccccc1. The fraction of sp³-hybridized carbons (Fsp3) is 0.278. The molecule has 0 aromatic heterocycles. The second kappa shape index (κ2) is 10.1. The fourth-order valence-electron chi connectivity index (χ4n) is 2.17. The number of hydrogen-bond acceptors (Lipinski definition) is 6. The number of nitrogens with zero attached hydrogens (tertiary/aromatic N) is 1. The van der Waals surface area contributed by atoms with Crippen molar-refractivity contribution in [3.63, 3.8) is 0 Å². The molecular formula is C18H21N3O5. The summed E-state index contributed by atoms with van der Waals surface area (Å²) in [7, 11) is 1.61. The Balaban J connectivity index is 2.08. The van der Waals surface area contributed by atoms with Crippen LogP contribution in [0.3, 0.4) is 0 Å². The van der Waals surface area contributed by atoms with Crippen LogP contribution in [-0.2, 0) is 4.74 Å². The minimum atomic E-state index is -0.546. The second-order valence-corrected chi connectivity index (χ2v) is 5.35. The predicted molar refractivity (Wildman–Crippen MR) is 96.7 cm³/mol. The zero-order valence-corrected chi connectivity index (χ0v) is 14.4. The minimum absolute atomic E-state index is 0.111. The number of para-hydroxylation sites is 1. The molecule has 0 aliphatic heterocycles. The number of nitro groups is 1. The molecule has 2 rings (SSSR count). The molecule has 0 unspecified atom stereocenters. The van der Waals surface area contributed by atoms with Gasteiger partial charge in [-0.2, -0.15) is 0 Å². The highest BCUT2D eigenvalue weighted by molar-refractivity contribution is 5.97.